The number of aryl methyl sites for hydroxylation is 2. The lowest BCUT2D eigenvalue weighted by molar-refractivity contribution is 0.769. The third-order valence-corrected chi connectivity index (χ3v) is 8.92. The minimum atomic E-state index is -0.388. The zero-order valence-electron chi connectivity index (χ0n) is 22.1. The molecule has 2 heteroatoms. The van der Waals surface area contributed by atoms with Gasteiger partial charge in [0.1, 0.15) is 0 Å². The Bertz CT molecular complexity index is 1660. The van der Waals surface area contributed by atoms with Crippen molar-refractivity contribution in [3.05, 3.63) is 172 Å². The molecule has 1 nitrogen and oxygen atoms in total. The fourth-order valence-corrected chi connectivity index (χ4v) is 7.13. The Morgan fingerprint density at radius 1 is 0.513 bits per heavy atom. The predicted octanol–water partition coefficient (Wildman–Crippen LogP) is 10.2. The van der Waals surface area contributed by atoms with Gasteiger partial charge in [0.05, 0.1) is 5.41 Å². The van der Waals surface area contributed by atoms with E-state index in [1.54, 1.807) is 0 Å². The van der Waals surface area contributed by atoms with Crippen molar-refractivity contribution in [2.75, 3.05) is 4.90 Å². The standard InChI is InChI=1S/C37H29NS/c1-26-13-17-28(18-14-26)37(29-19-15-27(2)16-20-29)34-23-24-39-36(34)33-22-21-32(25-35(33)37)38(30-9-5-3-6-10-30)31-11-7-4-8-12-31/h3-25H,1-2H3. The van der Waals surface area contributed by atoms with Gasteiger partial charge in [0.2, 0.25) is 0 Å². The monoisotopic (exact) mass is 519 g/mol. The molecule has 0 amide bonds. The molecule has 1 aromatic heterocycles. The minimum absolute atomic E-state index is 0.388. The largest absolute Gasteiger partial charge is 0.310 e. The second-order valence-corrected chi connectivity index (χ2v) is 11.3. The lowest BCUT2D eigenvalue weighted by Gasteiger charge is -2.34. The summed E-state index contributed by atoms with van der Waals surface area (Å²) in [4.78, 5) is 3.73. The summed E-state index contributed by atoms with van der Waals surface area (Å²) in [6.07, 6.45) is 0. The topological polar surface area (TPSA) is 3.24 Å². The number of benzene rings is 5. The SMILES string of the molecule is Cc1ccc(C2(c3ccc(C)cc3)c3cc(N(c4ccccc4)c4ccccc4)ccc3-c3sccc32)cc1. The van der Waals surface area contributed by atoms with Crippen molar-refractivity contribution in [3.63, 3.8) is 0 Å². The van der Waals surface area contributed by atoms with Crippen molar-refractivity contribution in [1.29, 1.82) is 0 Å². The van der Waals surface area contributed by atoms with Crippen LogP contribution in [0.3, 0.4) is 0 Å². The van der Waals surface area contributed by atoms with Gasteiger partial charge in [-0.25, -0.2) is 0 Å². The van der Waals surface area contributed by atoms with Gasteiger partial charge < -0.3 is 4.90 Å². The van der Waals surface area contributed by atoms with E-state index in [4.69, 9.17) is 0 Å². The van der Waals surface area contributed by atoms with E-state index in [2.05, 4.69) is 158 Å². The molecular formula is C37H29NS. The summed E-state index contributed by atoms with van der Waals surface area (Å²) in [7, 11) is 0. The van der Waals surface area contributed by atoms with Crippen LogP contribution in [0, 0.1) is 13.8 Å². The number of hydrogen-bond donors (Lipinski definition) is 0. The second-order valence-electron chi connectivity index (χ2n) is 10.4. The van der Waals surface area contributed by atoms with Gasteiger partial charge >= 0.3 is 0 Å². The Morgan fingerprint density at radius 3 is 1.59 bits per heavy atom. The van der Waals surface area contributed by atoms with Gasteiger partial charge in [0.25, 0.3) is 0 Å². The van der Waals surface area contributed by atoms with Crippen LogP contribution in [-0.4, -0.2) is 0 Å². The summed E-state index contributed by atoms with van der Waals surface area (Å²) in [6, 6.07) is 49.0. The number of fused-ring (bicyclic) bond motifs is 3. The first-order valence-corrected chi connectivity index (χ1v) is 14.3. The molecule has 188 valence electrons. The summed E-state index contributed by atoms with van der Waals surface area (Å²) >= 11 is 1.85. The number of nitrogens with zero attached hydrogens (tertiary/aromatic N) is 1. The van der Waals surface area contributed by atoms with Gasteiger partial charge in [0.15, 0.2) is 0 Å². The van der Waals surface area contributed by atoms with Gasteiger partial charge in [-0.2, -0.15) is 0 Å². The van der Waals surface area contributed by atoms with E-state index in [0.717, 1.165) is 17.1 Å². The highest BCUT2D eigenvalue weighted by molar-refractivity contribution is 7.14. The highest BCUT2D eigenvalue weighted by atomic mass is 32.1. The van der Waals surface area contributed by atoms with Gasteiger partial charge in [-0.05, 0) is 89.5 Å². The molecule has 0 spiro atoms. The van der Waals surface area contributed by atoms with Gasteiger partial charge in [0, 0.05) is 21.9 Å². The fraction of sp³-hybridized carbons (Fsp3) is 0.0811. The number of para-hydroxylation sites is 2. The van der Waals surface area contributed by atoms with Crippen LogP contribution < -0.4 is 4.90 Å². The molecule has 0 saturated heterocycles. The first-order chi connectivity index (χ1) is 19.2. The summed E-state index contributed by atoms with van der Waals surface area (Å²) in [5.74, 6) is 0. The summed E-state index contributed by atoms with van der Waals surface area (Å²) < 4.78 is 0. The third-order valence-electron chi connectivity index (χ3n) is 7.98. The van der Waals surface area contributed by atoms with Crippen molar-refractivity contribution >= 4 is 28.4 Å². The Morgan fingerprint density at radius 2 is 1.05 bits per heavy atom. The fourth-order valence-electron chi connectivity index (χ4n) is 6.13. The second kappa shape index (κ2) is 9.41. The number of hydrogen-bond acceptors (Lipinski definition) is 2. The first kappa shape index (κ1) is 23.7. The van der Waals surface area contributed by atoms with Crippen molar-refractivity contribution in [3.8, 4) is 10.4 Å². The molecule has 0 fully saturated rings. The summed E-state index contributed by atoms with van der Waals surface area (Å²) in [5.41, 5.74) is 12.3. The lowest BCUT2D eigenvalue weighted by Crippen LogP contribution is -2.28. The quantitative estimate of drug-likeness (QED) is 0.219. The molecule has 1 aliphatic rings. The Balaban J connectivity index is 1.53. The van der Waals surface area contributed by atoms with Crippen LogP contribution in [0.2, 0.25) is 0 Å². The molecule has 0 saturated carbocycles. The maximum Gasteiger partial charge on any atom is 0.0722 e. The number of anilines is 3. The summed E-state index contributed by atoms with van der Waals surface area (Å²) in [5, 5.41) is 2.25. The molecule has 0 atom stereocenters. The molecule has 5 aromatic carbocycles. The van der Waals surface area contributed by atoms with E-state index >= 15 is 0 Å². The Hall–Kier alpha value is -4.40. The molecule has 0 aliphatic heterocycles. The molecular weight excluding hydrogens is 490 g/mol. The third kappa shape index (κ3) is 3.75. The number of rotatable bonds is 5. The Kier molecular flexibility index (Phi) is 5.72. The van der Waals surface area contributed by atoms with Crippen molar-refractivity contribution in [2.45, 2.75) is 19.3 Å². The zero-order chi connectivity index (χ0) is 26.4. The molecule has 39 heavy (non-hydrogen) atoms. The van der Waals surface area contributed by atoms with Crippen LogP contribution in [-0.2, 0) is 5.41 Å². The van der Waals surface area contributed by atoms with Crippen LogP contribution in [0.1, 0.15) is 33.4 Å². The lowest BCUT2D eigenvalue weighted by atomic mass is 9.68. The first-order valence-electron chi connectivity index (χ1n) is 13.4. The van der Waals surface area contributed by atoms with Crippen LogP contribution in [0.15, 0.2) is 139 Å². The van der Waals surface area contributed by atoms with Crippen molar-refractivity contribution in [1.82, 2.24) is 0 Å². The molecule has 1 aliphatic carbocycles. The van der Waals surface area contributed by atoms with E-state index in [1.807, 2.05) is 11.3 Å². The highest BCUT2D eigenvalue weighted by Crippen LogP contribution is 2.58. The smallest absolute Gasteiger partial charge is 0.0722 e. The van der Waals surface area contributed by atoms with E-state index < -0.39 is 0 Å². The molecule has 0 radical (unpaired) electrons. The molecule has 0 N–H and O–H groups in total. The number of thiophene rings is 1. The summed E-state index contributed by atoms with van der Waals surface area (Å²) in [6.45, 7) is 4.33. The van der Waals surface area contributed by atoms with Crippen LogP contribution in [0.4, 0.5) is 17.1 Å². The normalized spacial score (nSPS) is 13.1. The highest BCUT2D eigenvalue weighted by Gasteiger charge is 2.47. The van der Waals surface area contributed by atoms with Crippen LogP contribution in [0.25, 0.3) is 10.4 Å². The minimum Gasteiger partial charge on any atom is -0.310 e. The molecule has 0 bridgehead atoms. The van der Waals surface area contributed by atoms with Gasteiger partial charge in [-0.3, -0.25) is 0 Å². The van der Waals surface area contributed by atoms with E-state index in [0.29, 0.717) is 0 Å². The van der Waals surface area contributed by atoms with E-state index in [1.165, 1.54) is 43.8 Å². The average molecular weight is 520 g/mol. The average Bonchev–Trinajstić information content (AvgIpc) is 3.56. The van der Waals surface area contributed by atoms with Crippen molar-refractivity contribution in [2.24, 2.45) is 0 Å². The molecule has 6 aromatic rings. The maximum atomic E-state index is 2.43. The van der Waals surface area contributed by atoms with E-state index in [9.17, 15) is 0 Å². The zero-order valence-corrected chi connectivity index (χ0v) is 23.0. The molecule has 1 heterocycles. The van der Waals surface area contributed by atoms with Gasteiger partial charge in [-0.1, -0.05) is 102 Å². The van der Waals surface area contributed by atoms with Crippen molar-refractivity contribution < 1.29 is 0 Å². The Labute approximate surface area is 234 Å². The maximum absolute atomic E-state index is 2.43. The van der Waals surface area contributed by atoms with Crippen LogP contribution in [0.5, 0.6) is 0 Å². The predicted molar refractivity (Wildman–Crippen MR) is 166 cm³/mol. The van der Waals surface area contributed by atoms with Crippen LogP contribution >= 0.6 is 11.3 Å². The van der Waals surface area contributed by atoms with E-state index in [-0.39, 0.29) is 5.41 Å². The molecule has 0 unspecified atom stereocenters. The molecule has 7 rings (SSSR count). The van der Waals surface area contributed by atoms with Gasteiger partial charge in [-0.15, -0.1) is 11.3 Å².